The van der Waals surface area contributed by atoms with Crippen molar-refractivity contribution in [1.82, 2.24) is 4.98 Å². The van der Waals surface area contributed by atoms with E-state index in [9.17, 15) is 4.79 Å². The highest BCUT2D eigenvalue weighted by molar-refractivity contribution is 7.15. The SMILES string of the molecule is Cc1cccc(Cc2cnc(NC(=O)COc3ccc4c(c3)CCC4)s2)c1. The van der Waals surface area contributed by atoms with Gasteiger partial charge in [-0.1, -0.05) is 35.9 Å². The molecule has 0 saturated heterocycles. The number of hydrogen-bond donors (Lipinski definition) is 1. The predicted molar refractivity (Wildman–Crippen MR) is 109 cm³/mol. The van der Waals surface area contributed by atoms with Crippen LogP contribution in [-0.2, 0) is 24.1 Å². The Morgan fingerprint density at radius 2 is 2.07 bits per heavy atom. The lowest BCUT2D eigenvalue weighted by atomic mass is 10.1. The molecule has 27 heavy (non-hydrogen) atoms. The van der Waals surface area contributed by atoms with Crippen LogP contribution < -0.4 is 10.1 Å². The van der Waals surface area contributed by atoms with E-state index in [4.69, 9.17) is 4.74 Å². The molecule has 1 aromatic heterocycles. The van der Waals surface area contributed by atoms with Gasteiger partial charge < -0.3 is 4.74 Å². The van der Waals surface area contributed by atoms with E-state index in [1.54, 1.807) is 0 Å². The molecule has 0 unspecified atom stereocenters. The van der Waals surface area contributed by atoms with E-state index in [1.165, 1.54) is 40.0 Å². The quantitative estimate of drug-likeness (QED) is 0.685. The number of anilines is 1. The van der Waals surface area contributed by atoms with Crippen LogP contribution in [0.25, 0.3) is 0 Å². The third-order valence-corrected chi connectivity index (χ3v) is 5.61. The van der Waals surface area contributed by atoms with Gasteiger partial charge in [-0.2, -0.15) is 0 Å². The minimum absolute atomic E-state index is 0.00835. The van der Waals surface area contributed by atoms with Crippen molar-refractivity contribution in [1.29, 1.82) is 0 Å². The van der Waals surface area contributed by atoms with Gasteiger partial charge in [-0.15, -0.1) is 11.3 Å². The zero-order chi connectivity index (χ0) is 18.6. The topological polar surface area (TPSA) is 51.2 Å². The summed E-state index contributed by atoms with van der Waals surface area (Å²) in [5.41, 5.74) is 5.23. The summed E-state index contributed by atoms with van der Waals surface area (Å²) in [6, 6.07) is 14.5. The number of nitrogens with one attached hydrogen (secondary N) is 1. The second-order valence-electron chi connectivity index (χ2n) is 6.92. The van der Waals surface area contributed by atoms with Crippen LogP contribution in [0.1, 0.15) is 33.6 Å². The zero-order valence-electron chi connectivity index (χ0n) is 15.3. The Labute approximate surface area is 163 Å². The molecule has 1 amide bonds. The Morgan fingerprint density at radius 1 is 1.19 bits per heavy atom. The Balaban J connectivity index is 1.30. The smallest absolute Gasteiger partial charge is 0.264 e. The van der Waals surface area contributed by atoms with Gasteiger partial charge >= 0.3 is 0 Å². The van der Waals surface area contributed by atoms with Crippen LogP contribution in [0.15, 0.2) is 48.7 Å². The monoisotopic (exact) mass is 378 g/mol. The third-order valence-electron chi connectivity index (χ3n) is 4.70. The maximum absolute atomic E-state index is 12.2. The van der Waals surface area contributed by atoms with E-state index in [1.807, 2.05) is 12.3 Å². The Morgan fingerprint density at radius 3 is 2.96 bits per heavy atom. The molecule has 3 aromatic rings. The van der Waals surface area contributed by atoms with Gasteiger partial charge in [0.1, 0.15) is 5.75 Å². The van der Waals surface area contributed by atoms with Crippen molar-refractivity contribution >= 4 is 22.4 Å². The first-order valence-electron chi connectivity index (χ1n) is 9.20. The molecular weight excluding hydrogens is 356 g/mol. The molecule has 0 aliphatic heterocycles. The normalized spacial score (nSPS) is 12.6. The highest BCUT2D eigenvalue weighted by Gasteiger charge is 2.12. The molecule has 0 bridgehead atoms. The van der Waals surface area contributed by atoms with Gasteiger partial charge in [0.05, 0.1) is 0 Å². The van der Waals surface area contributed by atoms with Crippen molar-refractivity contribution in [2.75, 3.05) is 11.9 Å². The minimum atomic E-state index is -0.188. The van der Waals surface area contributed by atoms with Gasteiger partial charge in [0.15, 0.2) is 11.7 Å². The number of nitrogens with zero attached hydrogens (tertiary/aromatic N) is 1. The number of amides is 1. The summed E-state index contributed by atoms with van der Waals surface area (Å²) in [5, 5.41) is 3.44. The average molecular weight is 378 g/mol. The number of hydrogen-bond acceptors (Lipinski definition) is 4. The van der Waals surface area contributed by atoms with Gasteiger partial charge in [0.2, 0.25) is 0 Å². The zero-order valence-corrected chi connectivity index (χ0v) is 16.1. The van der Waals surface area contributed by atoms with E-state index >= 15 is 0 Å². The number of benzene rings is 2. The van der Waals surface area contributed by atoms with Gasteiger partial charge in [-0.25, -0.2) is 4.98 Å². The Kier molecular flexibility index (Phi) is 5.21. The molecule has 1 heterocycles. The van der Waals surface area contributed by atoms with Crippen LogP contribution in [0, 0.1) is 6.92 Å². The second kappa shape index (κ2) is 7.92. The Hall–Kier alpha value is -2.66. The van der Waals surface area contributed by atoms with Crippen LogP contribution in [-0.4, -0.2) is 17.5 Å². The summed E-state index contributed by atoms with van der Waals surface area (Å²) in [4.78, 5) is 17.6. The maximum Gasteiger partial charge on any atom is 0.264 e. The molecule has 0 radical (unpaired) electrons. The molecule has 0 saturated carbocycles. The lowest BCUT2D eigenvalue weighted by Gasteiger charge is -2.07. The first-order chi connectivity index (χ1) is 13.2. The number of carbonyl (C=O) groups excluding carboxylic acids is 1. The lowest BCUT2D eigenvalue weighted by Crippen LogP contribution is -2.20. The van der Waals surface area contributed by atoms with E-state index in [0.29, 0.717) is 5.13 Å². The number of aromatic nitrogens is 1. The third kappa shape index (κ3) is 4.55. The fourth-order valence-corrected chi connectivity index (χ4v) is 4.28. The number of thiazole rings is 1. The van der Waals surface area contributed by atoms with Crippen LogP contribution in [0.4, 0.5) is 5.13 Å². The number of carbonyl (C=O) groups is 1. The minimum Gasteiger partial charge on any atom is -0.484 e. The fourth-order valence-electron chi connectivity index (χ4n) is 3.41. The molecule has 2 aromatic carbocycles. The van der Waals surface area contributed by atoms with Crippen molar-refractivity contribution in [3.8, 4) is 5.75 Å². The molecule has 1 aliphatic rings. The van der Waals surface area contributed by atoms with Gasteiger partial charge in [-0.3, -0.25) is 10.1 Å². The Bertz CT molecular complexity index is 964. The molecule has 5 heteroatoms. The van der Waals surface area contributed by atoms with Crippen LogP contribution in [0.5, 0.6) is 5.75 Å². The summed E-state index contributed by atoms with van der Waals surface area (Å²) >= 11 is 1.50. The first kappa shape index (κ1) is 17.7. The van der Waals surface area contributed by atoms with E-state index in [2.05, 4.69) is 53.6 Å². The molecular formula is C22H22N2O2S. The van der Waals surface area contributed by atoms with Gasteiger partial charge in [-0.05, 0) is 55.0 Å². The predicted octanol–water partition coefficient (Wildman–Crippen LogP) is 4.55. The second-order valence-corrected chi connectivity index (χ2v) is 8.03. The first-order valence-corrected chi connectivity index (χ1v) is 10.0. The van der Waals surface area contributed by atoms with Crippen LogP contribution in [0.3, 0.4) is 0 Å². The van der Waals surface area contributed by atoms with E-state index < -0.39 is 0 Å². The van der Waals surface area contributed by atoms with Gasteiger partial charge in [0.25, 0.3) is 5.91 Å². The van der Waals surface area contributed by atoms with E-state index in [-0.39, 0.29) is 12.5 Å². The largest absolute Gasteiger partial charge is 0.484 e. The van der Waals surface area contributed by atoms with Crippen molar-refractivity contribution in [3.63, 3.8) is 0 Å². The van der Waals surface area contributed by atoms with Crippen molar-refractivity contribution in [2.45, 2.75) is 32.6 Å². The van der Waals surface area contributed by atoms with Crippen molar-refractivity contribution < 1.29 is 9.53 Å². The van der Waals surface area contributed by atoms with Crippen molar-refractivity contribution in [3.05, 3.63) is 75.8 Å². The van der Waals surface area contributed by atoms with Crippen LogP contribution in [0.2, 0.25) is 0 Å². The fraction of sp³-hybridized carbons (Fsp3) is 0.273. The lowest BCUT2D eigenvalue weighted by molar-refractivity contribution is -0.118. The average Bonchev–Trinajstić information content (AvgIpc) is 3.29. The number of fused-ring (bicyclic) bond motifs is 1. The molecule has 1 N–H and O–H groups in total. The number of ether oxygens (including phenoxy) is 1. The molecule has 4 nitrogen and oxygen atoms in total. The molecule has 1 aliphatic carbocycles. The van der Waals surface area contributed by atoms with Crippen LogP contribution >= 0.6 is 11.3 Å². The summed E-state index contributed by atoms with van der Waals surface area (Å²) in [5.74, 6) is 0.567. The highest BCUT2D eigenvalue weighted by atomic mass is 32.1. The molecule has 138 valence electrons. The van der Waals surface area contributed by atoms with Crippen molar-refractivity contribution in [2.24, 2.45) is 0 Å². The molecule has 0 fully saturated rings. The number of aryl methyl sites for hydroxylation is 3. The molecule has 4 rings (SSSR count). The summed E-state index contributed by atoms with van der Waals surface area (Å²) in [6.45, 7) is 2.08. The maximum atomic E-state index is 12.2. The number of rotatable bonds is 6. The highest BCUT2D eigenvalue weighted by Crippen LogP contribution is 2.26. The molecule has 0 spiro atoms. The molecule has 0 atom stereocenters. The standard InChI is InChI=1S/C22H22N2O2S/c1-15-4-2-5-16(10-15)11-20-13-23-22(27-20)24-21(25)14-26-19-9-8-17-6-3-7-18(17)12-19/h2,4-5,8-10,12-13H,3,6-7,11,14H2,1H3,(H,23,24,25). The van der Waals surface area contributed by atoms with Gasteiger partial charge in [0, 0.05) is 17.5 Å². The van der Waals surface area contributed by atoms with E-state index in [0.717, 1.165) is 29.9 Å². The summed E-state index contributed by atoms with van der Waals surface area (Å²) in [6.07, 6.45) is 6.09. The summed E-state index contributed by atoms with van der Waals surface area (Å²) < 4.78 is 5.65. The summed E-state index contributed by atoms with van der Waals surface area (Å²) in [7, 11) is 0.